The maximum absolute atomic E-state index is 10.8. The molecule has 0 saturated carbocycles. The molecule has 1 aliphatic heterocycles. The number of hydrogen-bond donors (Lipinski definition) is 2. The molecule has 2 N–H and O–H groups in total. The number of aliphatic carboxylic acids is 1. The fraction of sp³-hybridized carbons (Fsp3) is 0.300. The molecule has 0 fully saturated rings. The maximum atomic E-state index is 10.8. The van der Waals surface area contributed by atoms with Gasteiger partial charge in [-0.25, -0.2) is 0 Å². The van der Waals surface area contributed by atoms with Gasteiger partial charge in [0.05, 0.1) is 6.61 Å². The van der Waals surface area contributed by atoms with Crippen LogP contribution in [0.3, 0.4) is 0 Å². The van der Waals surface area contributed by atoms with Crippen molar-refractivity contribution in [1.82, 2.24) is 0 Å². The van der Waals surface area contributed by atoms with Crippen molar-refractivity contribution in [2.24, 2.45) is 0 Å². The van der Waals surface area contributed by atoms with E-state index < -0.39 is 18.5 Å². The van der Waals surface area contributed by atoms with Gasteiger partial charge in [-0.3, -0.25) is 4.79 Å². The molecule has 1 aliphatic rings. The number of rotatable bonds is 3. The largest absolute Gasteiger partial charge is 0.481 e. The van der Waals surface area contributed by atoms with E-state index in [-0.39, 0.29) is 6.79 Å². The van der Waals surface area contributed by atoms with Crippen molar-refractivity contribution in [3.8, 4) is 11.5 Å². The SMILES string of the molecule is O=C(O)C(CO)c1ccc2c(c1)OCO2. The van der Waals surface area contributed by atoms with Gasteiger partial charge in [-0.15, -0.1) is 0 Å². The van der Waals surface area contributed by atoms with Gasteiger partial charge in [0.15, 0.2) is 11.5 Å². The lowest BCUT2D eigenvalue weighted by Crippen LogP contribution is -2.15. The first kappa shape index (κ1) is 9.79. The molecule has 0 bridgehead atoms. The molecule has 0 saturated heterocycles. The monoisotopic (exact) mass is 210 g/mol. The second kappa shape index (κ2) is 3.78. The zero-order chi connectivity index (χ0) is 10.8. The van der Waals surface area contributed by atoms with Gasteiger partial charge < -0.3 is 19.7 Å². The van der Waals surface area contributed by atoms with E-state index in [1.54, 1.807) is 18.2 Å². The van der Waals surface area contributed by atoms with E-state index in [1.807, 2.05) is 0 Å². The van der Waals surface area contributed by atoms with E-state index >= 15 is 0 Å². The Balaban J connectivity index is 2.32. The molecule has 1 atom stereocenters. The van der Waals surface area contributed by atoms with E-state index in [9.17, 15) is 4.79 Å². The Bertz CT molecular complexity index is 387. The molecular formula is C10H10O5. The number of hydrogen-bond acceptors (Lipinski definition) is 4. The van der Waals surface area contributed by atoms with Gasteiger partial charge in [0.2, 0.25) is 6.79 Å². The Morgan fingerprint density at radius 2 is 2.13 bits per heavy atom. The summed E-state index contributed by atoms with van der Waals surface area (Å²) in [6.45, 7) is -0.287. The van der Waals surface area contributed by atoms with Crippen LogP contribution in [0.4, 0.5) is 0 Å². The Morgan fingerprint density at radius 1 is 1.40 bits per heavy atom. The molecular weight excluding hydrogens is 200 g/mol. The van der Waals surface area contributed by atoms with E-state index in [1.165, 1.54) is 0 Å². The number of carbonyl (C=O) groups is 1. The summed E-state index contributed by atoms with van der Waals surface area (Å²) in [6.07, 6.45) is 0. The molecule has 0 spiro atoms. The number of aliphatic hydroxyl groups excluding tert-OH is 1. The van der Waals surface area contributed by atoms with Gasteiger partial charge >= 0.3 is 5.97 Å². The van der Waals surface area contributed by atoms with Crippen LogP contribution < -0.4 is 9.47 Å². The van der Waals surface area contributed by atoms with Crippen molar-refractivity contribution < 1.29 is 24.5 Å². The van der Waals surface area contributed by atoms with Crippen LogP contribution in [0, 0.1) is 0 Å². The Labute approximate surface area is 85.9 Å². The number of carboxylic acids is 1. The number of aliphatic hydroxyl groups is 1. The zero-order valence-electron chi connectivity index (χ0n) is 7.84. The minimum atomic E-state index is -1.06. The highest BCUT2D eigenvalue weighted by Crippen LogP contribution is 2.34. The Hall–Kier alpha value is -1.75. The normalized spacial score (nSPS) is 15.0. The molecule has 5 nitrogen and oxygen atoms in total. The summed E-state index contributed by atoms with van der Waals surface area (Å²) in [5.74, 6) is -0.858. The summed E-state index contributed by atoms with van der Waals surface area (Å²) >= 11 is 0. The first-order valence-corrected chi connectivity index (χ1v) is 4.45. The topological polar surface area (TPSA) is 76.0 Å². The first-order chi connectivity index (χ1) is 7.22. The lowest BCUT2D eigenvalue weighted by atomic mass is 10.00. The van der Waals surface area contributed by atoms with Crippen LogP contribution in [0.5, 0.6) is 11.5 Å². The van der Waals surface area contributed by atoms with Gasteiger partial charge in [0, 0.05) is 0 Å². The maximum Gasteiger partial charge on any atom is 0.313 e. The summed E-state index contributed by atoms with van der Waals surface area (Å²) in [5, 5.41) is 17.8. The second-order valence-electron chi connectivity index (χ2n) is 3.19. The van der Waals surface area contributed by atoms with Crippen molar-refractivity contribution >= 4 is 5.97 Å². The van der Waals surface area contributed by atoms with E-state index in [4.69, 9.17) is 19.7 Å². The molecule has 0 amide bonds. The summed E-state index contributed by atoms with van der Waals surface area (Å²) in [5.41, 5.74) is 0.509. The highest BCUT2D eigenvalue weighted by atomic mass is 16.7. The zero-order valence-corrected chi connectivity index (χ0v) is 7.84. The minimum absolute atomic E-state index is 0.148. The van der Waals surface area contributed by atoms with Gasteiger partial charge in [-0.2, -0.15) is 0 Å². The van der Waals surface area contributed by atoms with Gasteiger partial charge in [0.25, 0.3) is 0 Å². The molecule has 15 heavy (non-hydrogen) atoms. The molecule has 0 radical (unpaired) electrons. The molecule has 1 aromatic carbocycles. The fourth-order valence-corrected chi connectivity index (χ4v) is 1.46. The lowest BCUT2D eigenvalue weighted by Gasteiger charge is -2.09. The highest BCUT2D eigenvalue weighted by molar-refractivity contribution is 5.76. The summed E-state index contributed by atoms with van der Waals surface area (Å²) < 4.78 is 10.2. The smallest absolute Gasteiger partial charge is 0.313 e. The van der Waals surface area contributed by atoms with Crippen molar-refractivity contribution in [3.05, 3.63) is 23.8 Å². The fourth-order valence-electron chi connectivity index (χ4n) is 1.46. The second-order valence-corrected chi connectivity index (χ2v) is 3.19. The molecule has 1 unspecified atom stereocenters. The van der Waals surface area contributed by atoms with Crippen LogP contribution in [0.2, 0.25) is 0 Å². The van der Waals surface area contributed by atoms with Crippen molar-refractivity contribution in [3.63, 3.8) is 0 Å². The van der Waals surface area contributed by atoms with Crippen LogP contribution >= 0.6 is 0 Å². The number of fused-ring (bicyclic) bond motifs is 1. The summed E-state index contributed by atoms with van der Waals surface area (Å²) in [6, 6.07) is 4.84. The van der Waals surface area contributed by atoms with Crippen molar-refractivity contribution in [2.45, 2.75) is 5.92 Å². The molecule has 80 valence electrons. The lowest BCUT2D eigenvalue weighted by molar-refractivity contribution is -0.139. The van der Waals surface area contributed by atoms with Gasteiger partial charge in [-0.1, -0.05) is 6.07 Å². The molecule has 5 heteroatoms. The number of carboxylic acid groups (broad SMARTS) is 1. The van der Waals surface area contributed by atoms with Crippen molar-refractivity contribution in [1.29, 1.82) is 0 Å². The molecule has 0 aliphatic carbocycles. The van der Waals surface area contributed by atoms with Crippen LogP contribution in [-0.4, -0.2) is 29.6 Å². The summed E-state index contributed by atoms with van der Waals surface area (Å²) in [4.78, 5) is 10.8. The summed E-state index contributed by atoms with van der Waals surface area (Å²) in [7, 11) is 0. The van der Waals surface area contributed by atoms with Crippen LogP contribution in [0.1, 0.15) is 11.5 Å². The molecule has 1 aromatic rings. The Kier molecular flexibility index (Phi) is 2.47. The third kappa shape index (κ3) is 1.73. The average molecular weight is 210 g/mol. The minimum Gasteiger partial charge on any atom is -0.481 e. The number of benzene rings is 1. The van der Waals surface area contributed by atoms with E-state index in [0.717, 1.165) is 0 Å². The standard InChI is InChI=1S/C10H10O5/c11-4-7(10(12)13)6-1-2-8-9(3-6)15-5-14-8/h1-3,7,11H,4-5H2,(H,12,13). The van der Waals surface area contributed by atoms with Crippen molar-refractivity contribution in [2.75, 3.05) is 13.4 Å². The predicted octanol–water partition coefficient (Wildman–Crippen LogP) is 0.576. The van der Waals surface area contributed by atoms with Crippen LogP contribution in [0.25, 0.3) is 0 Å². The number of ether oxygens (including phenoxy) is 2. The average Bonchev–Trinajstić information content (AvgIpc) is 2.65. The third-order valence-corrected chi connectivity index (χ3v) is 2.28. The van der Waals surface area contributed by atoms with Gasteiger partial charge in [-0.05, 0) is 17.7 Å². The first-order valence-electron chi connectivity index (χ1n) is 4.45. The highest BCUT2D eigenvalue weighted by Gasteiger charge is 2.22. The quantitative estimate of drug-likeness (QED) is 0.763. The van der Waals surface area contributed by atoms with E-state index in [0.29, 0.717) is 17.1 Å². The molecule has 0 aromatic heterocycles. The molecule has 2 rings (SSSR count). The van der Waals surface area contributed by atoms with Crippen LogP contribution in [-0.2, 0) is 4.79 Å². The predicted molar refractivity (Wildman–Crippen MR) is 50.0 cm³/mol. The Morgan fingerprint density at radius 3 is 2.80 bits per heavy atom. The van der Waals surface area contributed by atoms with Gasteiger partial charge in [0.1, 0.15) is 5.92 Å². The van der Waals surface area contributed by atoms with Crippen LogP contribution in [0.15, 0.2) is 18.2 Å². The van der Waals surface area contributed by atoms with E-state index in [2.05, 4.69) is 0 Å². The third-order valence-electron chi connectivity index (χ3n) is 2.28. The molecule has 1 heterocycles.